The molecule has 4 heteroatoms. The van der Waals surface area contributed by atoms with Crippen LogP contribution in [0.1, 0.15) is 13.8 Å². The zero-order valence-corrected chi connectivity index (χ0v) is 9.08. The highest BCUT2D eigenvalue weighted by atomic mass is 16.5. The summed E-state index contributed by atoms with van der Waals surface area (Å²) in [6.07, 6.45) is 0.750. The first-order chi connectivity index (χ1) is 6.18. The Morgan fingerprint density at radius 3 is 1.54 bits per heavy atom. The van der Waals surface area contributed by atoms with E-state index in [2.05, 4.69) is 0 Å². The monoisotopic (exact) mass is 191 g/mol. The van der Waals surface area contributed by atoms with Crippen molar-refractivity contribution in [3.8, 4) is 0 Å². The molecule has 0 radical (unpaired) electrons. The summed E-state index contributed by atoms with van der Waals surface area (Å²) in [5.74, 6) is 0. The molecule has 80 valence electrons. The summed E-state index contributed by atoms with van der Waals surface area (Å²) in [5, 5.41) is 0. The fourth-order valence-electron chi connectivity index (χ4n) is 0.407. The van der Waals surface area contributed by atoms with Gasteiger partial charge in [0.2, 0.25) is 6.41 Å². The standard InChI is InChI=1S/C6H14O2.C3H7NO/c1-3-7-5-6-8-4-2;1-4(2)3-5/h3-6H2,1-2H3;3H,1-2H3. The minimum absolute atomic E-state index is 0.727. The molecule has 0 spiro atoms. The number of carbonyl (C=O) groups excluding carboxylic acids is 1. The molecule has 0 heterocycles. The lowest BCUT2D eigenvalue weighted by molar-refractivity contribution is -0.115. The third-order valence-corrected chi connectivity index (χ3v) is 0.991. The van der Waals surface area contributed by atoms with E-state index in [1.165, 1.54) is 4.90 Å². The van der Waals surface area contributed by atoms with E-state index < -0.39 is 0 Å². The summed E-state index contributed by atoms with van der Waals surface area (Å²) in [7, 11) is 3.38. The van der Waals surface area contributed by atoms with Crippen LogP contribution in [0.2, 0.25) is 0 Å². The maximum absolute atomic E-state index is 9.43. The van der Waals surface area contributed by atoms with E-state index in [1.807, 2.05) is 13.8 Å². The van der Waals surface area contributed by atoms with E-state index in [4.69, 9.17) is 9.47 Å². The molecule has 1 amide bonds. The van der Waals surface area contributed by atoms with Crippen molar-refractivity contribution in [2.45, 2.75) is 13.8 Å². The van der Waals surface area contributed by atoms with Gasteiger partial charge in [-0.2, -0.15) is 0 Å². The summed E-state index contributed by atoms with van der Waals surface area (Å²) in [5.41, 5.74) is 0. The van der Waals surface area contributed by atoms with Gasteiger partial charge < -0.3 is 14.4 Å². The van der Waals surface area contributed by atoms with Crippen LogP contribution in [-0.4, -0.2) is 51.8 Å². The molecule has 0 fully saturated rings. The summed E-state index contributed by atoms with van der Waals surface area (Å²) in [4.78, 5) is 10.9. The molecule has 0 aliphatic rings. The molecule has 0 bridgehead atoms. The highest BCUT2D eigenvalue weighted by molar-refractivity contribution is 5.45. The Bertz CT molecular complexity index is 90.9. The van der Waals surface area contributed by atoms with Gasteiger partial charge in [-0.3, -0.25) is 4.79 Å². The molecule has 0 aromatic heterocycles. The predicted molar refractivity (Wildman–Crippen MR) is 52.7 cm³/mol. The van der Waals surface area contributed by atoms with Gasteiger partial charge in [0.1, 0.15) is 0 Å². The summed E-state index contributed by atoms with van der Waals surface area (Å²) in [6.45, 7) is 6.98. The molecule has 0 aromatic carbocycles. The lowest BCUT2D eigenvalue weighted by atomic mass is 10.7. The number of nitrogens with zero attached hydrogens (tertiary/aromatic N) is 1. The van der Waals surface area contributed by atoms with E-state index in [0.717, 1.165) is 32.8 Å². The number of hydrogen-bond acceptors (Lipinski definition) is 3. The van der Waals surface area contributed by atoms with Gasteiger partial charge in [-0.05, 0) is 13.8 Å². The number of hydrogen-bond donors (Lipinski definition) is 0. The molecule has 0 unspecified atom stereocenters. The number of ether oxygens (including phenoxy) is 2. The van der Waals surface area contributed by atoms with Gasteiger partial charge in [0.15, 0.2) is 0 Å². The van der Waals surface area contributed by atoms with Crippen LogP contribution in [0.25, 0.3) is 0 Å². The molecule has 0 atom stereocenters. The van der Waals surface area contributed by atoms with Crippen molar-refractivity contribution in [2.24, 2.45) is 0 Å². The zero-order valence-electron chi connectivity index (χ0n) is 9.08. The third kappa shape index (κ3) is 24.6. The topological polar surface area (TPSA) is 38.8 Å². The molecule has 0 saturated carbocycles. The van der Waals surface area contributed by atoms with E-state index in [9.17, 15) is 4.79 Å². The molecule has 0 aromatic rings. The average Bonchev–Trinajstić information content (AvgIpc) is 2.14. The second-order valence-electron chi connectivity index (χ2n) is 2.46. The van der Waals surface area contributed by atoms with Crippen LogP contribution in [-0.2, 0) is 14.3 Å². The minimum atomic E-state index is 0.727. The Morgan fingerprint density at radius 1 is 1.08 bits per heavy atom. The number of rotatable bonds is 6. The van der Waals surface area contributed by atoms with Crippen molar-refractivity contribution < 1.29 is 14.3 Å². The van der Waals surface area contributed by atoms with Crippen molar-refractivity contribution in [1.29, 1.82) is 0 Å². The molecule has 0 aliphatic carbocycles. The van der Waals surface area contributed by atoms with Crippen LogP contribution in [0.4, 0.5) is 0 Å². The normalized spacial score (nSPS) is 8.62. The molecule has 0 saturated heterocycles. The van der Waals surface area contributed by atoms with Gasteiger partial charge in [0.05, 0.1) is 13.2 Å². The van der Waals surface area contributed by atoms with Crippen LogP contribution >= 0.6 is 0 Å². The maximum Gasteiger partial charge on any atom is 0.209 e. The van der Waals surface area contributed by atoms with Gasteiger partial charge in [-0.15, -0.1) is 0 Å². The Balaban J connectivity index is 0. The number of carbonyl (C=O) groups is 1. The summed E-state index contributed by atoms with van der Waals surface area (Å²) < 4.78 is 10.0. The fraction of sp³-hybridized carbons (Fsp3) is 0.889. The second kappa shape index (κ2) is 13.9. The molecule has 0 rings (SSSR count). The SMILES string of the molecule is CCOCCOCC.CN(C)C=O. The number of amides is 1. The van der Waals surface area contributed by atoms with Crippen molar-refractivity contribution >= 4 is 6.41 Å². The Hall–Kier alpha value is -0.610. The van der Waals surface area contributed by atoms with Crippen LogP contribution in [0.5, 0.6) is 0 Å². The van der Waals surface area contributed by atoms with E-state index in [-0.39, 0.29) is 0 Å². The zero-order chi connectivity index (χ0) is 10.5. The molecular weight excluding hydrogens is 170 g/mol. The first-order valence-corrected chi connectivity index (χ1v) is 4.46. The lowest BCUT2D eigenvalue weighted by Crippen LogP contribution is -2.06. The Labute approximate surface area is 80.8 Å². The summed E-state index contributed by atoms with van der Waals surface area (Å²) in [6, 6.07) is 0. The van der Waals surface area contributed by atoms with Crippen molar-refractivity contribution in [2.75, 3.05) is 40.5 Å². The smallest absolute Gasteiger partial charge is 0.209 e. The van der Waals surface area contributed by atoms with E-state index >= 15 is 0 Å². The maximum atomic E-state index is 9.43. The van der Waals surface area contributed by atoms with Gasteiger partial charge in [-0.25, -0.2) is 0 Å². The molecule has 13 heavy (non-hydrogen) atoms. The van der Waals surface area contributed by atoms with Crippen molar-refractivity contribution in [3.05, 3.63) is 0 Å². The second-order valence-corrected chi connectivity index (χ2v) is 2.46. The fourth-order valence-corrected chi connectivity index (χ4v) is 0.407. The van der Waals surface area contributed by atoms with Gasteiger partial charge in [-0.1, -0.05) is 0 Å². The van der Waals surface area contributed by atoms with Crippen molar-refractivity contribution in [3.63, 3.8) is 0 Å². The molecule has 0 N–H and O–H groups in total. The highest BCUT2D eigenvalue weighted by Crippen LogP contribution is 1.75. The quantitative estimate of drug-likeness (QED) is 0.459. The Morgan fingerprint density at radius 2 is 1.38 bits per heavy atom. The minimum Gasteiger partial charge on any atom is -0.379 e. The molecule has 4 nitrogen and oxygen atoms in total. The molecule has 0 aliphatic heterocycles. The van der Waals surface area contributed by atoms with Crippen LogP contribution in [0.3, 0.4) is 0 Å². The molecular formula is C9H21NO3. The highest BCUT2D eigenvalue weighted by Gasteiger charge is 1.81. The van der Waals surface area contributed by atoms with Gasteiger partial charge in [0.25, 0.3) is 0 Å². The van der Waals surface area contributed by atoms with Gasteiger partial charge in [0, 0.05) is 27.3 Å². The van der Waals surface area contributed by atoms with E-state index in [1.54, 1.807) is 14.1 Å². The van der Waals surface area contributed by atoms with Crippen LogP contribution in [0, 0.1) is 0 Å². The predicted octanol–water partition coefficient (Wildman–Crippen LogP) is 0.764. The summed E-state index contributed by atoms with van der Waals surface area (Å²) >= 11 is 0. The van der Waals surface area contributed by atoms with Crippen molar-refractivity contribution in [1.82, 2.24) is 4.90 Å². The van der Waals surface area contributed by atoms with E-state index in [0.29, 0.717) is 0 Å². The van der Waals surface area contributed by atoms with Gasteiger partial charge >= 0.3 is 0 Å². The average molecular weight is 191 g/mol. The lowest BCUT2D eigenvalue weighted by Gasteiger charge is -1.99. The largest absolute Gasteiger partial charge is 0.379 e. The Kier molecular flexibility index (Phi) is 16.0. The first kappa shape index (κ1) is 14.9. The van der Waals surface area contributed by atoms with Crippen LogP contribution < -0.4 is 0 Å². The third-order valence-electron chi connectivity index (χ3n) is 0.991. The van der Waals surface area contributed by atoms with Crippen LogP contribution in [0.15, 0.2) is 0 Å². The first-order valence-electron chi connectivity index (χ1n) is 4.46.